The van der Waals surface area contributed by atoms with E-state index in [1.54, 1.807) is 18.2 Å². The number of aromatic nitrogens is 1. The third kappa shape index (κ3) is 3.72. The molecule has 2 aliphatic heterocycles. The Morgan fingerprint density at radius 2 is 1.73 bits per heavy atom. The Balaban J connectivity index is 1.50. The van der Waals surface area contributed by atoms with Crippen LogP contribution in [0, 0.1) is 32.0 Å². The molecule has 1 amide bonds. The van der Waals surface area contributed by atoms with E-state index < -0.39 is 5.91 Å². The first-order valence-electron chi connectivity index (χ1n) is 10.3. The number of carbonyl (C=O) groups excluding carboxylic acids is 1. The topological polar surface area (TPSA) is 73.8 Å². The minimum atomic E-state index is -0.477. The van der Waals surface area contributed by atoms with Crippen molar-refractivity contribution in [2.24, 2.45) is 10.1 Å². The van der Waals surface area contributed by atoms with E-state index in [9.17, 15) is 9.18 Å². The maximum atomic E-state index is 13.3. The molecule has 2 aliphatic rings. The third-order valence-corrected chi connectivity index (χ3v) is 6.57. The van der Waals surface area contributed by atoms with Gasteiger partial charge in [0, 0.05) is 22.6 Å². The minimum Gasteiger partial charge on any atom is -0.318 e. The van der Waals surface area contributed by atoms with Gasteiger partial charge in [0.15, 0.2) is 5.84 Å². The van der Waals surface area contributed by atoms with Crippen molar-refractivity contribution in [1.82, 2.24) is 9.58 Å². The first-order chi connectivity index (χ1) is 15.8. The molecule has 2 aromatic carbocycles. The third-order valence-electron chi connectivity index (χ3n) is 5.61. The van der Waals surface area contributed by atoms with Gasteiger partial charge in [-0.15, -0.1) is 0 Å². The average molecular weight is 458 g/mol. The van der Waals surface area contributed by atoms with Crippen molar-refractivity contribution in [3.63, 3.8) is 0 Å². The van der Waals surface area contributed by atoms with E-state index in [-0.39, 0.29) is 17.2 Å². The maximum absolute atomic E-state index is 13.3. The fourth-order valence-corrected chi connectivity index (χ4v) is 4.78. The maximum Gasteiger partial charge on any atom is 0.283 e. The van der Waals surface area contributed by atoms with Gasteiger partial charge in [0.05, 0.1) is 5.57 Å². The molecular weight excluding hydrogens is 437 g/mol. The number of hydrogen-bond donors (Lipinski definition) is 1. The van der Waals surface area contributed by atoms with E-state index in [1.165, 1.54) is 34.5 Å². The molecule has 1 N–H and O–H groups in total. The molecule has 0 fully saturated rings. The molecule has 0 aliphatic carbocycles. The lowest BCUT2D eigenvalue weighted by Crippen LogP contribution is -2.35. The number of fused-ring (bicyclic) bond motifs is 1. The Morgan fingerprint density at radius 1 is 1.03 bits per heavy atom. The summed E-state index contributed by atoms with van der Waals surface area (Å²) >= 11 is 1.19. The summed E-state index contributed by atoms with van der Waals surface area (Å²) in [4.78, 5) is 17.0. The van der Waals surface area contributed by atoms with E-state index in [2.05, 4.69) is 38.9 Å². The van der Waals surface area contributed by atoms with Crippen LogP contribution in [-0.2, 0) is 4.79 Å². The second-order valence-electron chi connectivity index (χ2n) is 7.93. The lowest BCUT2D eigenvalue weighted by atomic mass is 10.1. The SMILES string of the molecule is Cc1ccc(-n2c(C)cc(/C=C3/C(=N)N4N=C(c5ccc(F)cc5)SC4=NC3=O)c2C)cc1. The number of hydrogen-bond acceptors (Lipinski definition) is 4. The number of rotatable bonds is 3. The second-order valence-corrected chi connectivity index (χ2v) is 8.89. The van der Waals surface area contributed by atoms with Crippen molar-refractivity contribution in [2.45, 2.75) is 20.8 Å². The van der Waals surface area contributed by atoms with Gasteiger partial charge in [0.2, 0.25) is 5.17 Å². The van der Waals surface area contributed by atoms with E-state index in [4.69, 9.17) is 5.41 Å². The molecular formula is C25H20FN5OS. The lowest BCUT2D eigenvalue weighted by Gasteiger charge is -2.20. The Bertz CT molecular complexity index is 1400. The van der Waals surface area contributed by atoms with E-state index >= 15 is 0 Å². The van der Waals surface area contributed by atoms with Gasteiger partial charge in [0.1, 0.15) is 10.9 Å². The fraction of sp³-hybridized carbons (Fsp3) is 0.120. The summed E-state index contributed by atoms with van der Waals surface area (Å²) in [6.45, 7) is 6.04. The normalized spacial score (nSPS) is 16.8. The largest absolute Gasteiger partial charge is 0.318 e. The van der Waals surface area contributed by atoms with Crippen molar-refractivity contribution < 1.29 is 9.18 Å². The van der Waals surface area contributed by atoms with E-state index in [0.717, 1.165) is 22.6 Å². The molecule has 164 valence electrons. The number of benzene rings is 2. The van der Waals surface area contributed by atoms with Crippen LogP contribution in [0.2, 0.25) is 0 Å². The standard InChI is InChI=1S/C25H20FN5OS/c1-14-4-10-20(11-5-14)30-15(2)12-18(16(30)3)13-21-22(27)31-25(28-23(21)32)33-24(29-31)17-6-8-19(26)9-7-17/h4-13,27H,1-3H3/b21-13-,27-22?. The molecule has 1 aromatic heterocycles. The zero-order valence-electron chi connectivity index (χ0n) is 18.3. The van der Waals surface area contributed by atoms with Crippen molar-refractivity contribution in [2.75, 3.05) is 0 Å². The molecule has 0 spiro atoms. The summed E-state index contributed by atoms with van der Waals surface area (Å²) in [6.07, 6.45) is 1.70. The van der Waals surface area contributed by atoms with E-state index in [0.29, 0.717) is 15.8 Å². The Labute approximate surface area is 194 Å². The van der Waals surface area contributed by atoms with Crippen molar-refractivity contribution >= 4 is 39.8 Å². The Hall–Kier alpha value is -3.78. The summed E-state index contributed by atoms with van der Waals surface area (Å²) < 4.78 is 15.4. The zero-order valence-corrected chi connectivity index (χ0v) is 19.1. The highest BCUT2D eigenvalue weighted by molar-refractivity contribution is 8.27. The number of aryl methyl sites for hydroxylation is 2. The molecule has 0 bridgehead atoms. The predicted molar refractivity (Wildman–Crippen MR) is 130 cm³/mol. The molecule has 0 unspecified atom stereocenters. The summed E-state index contributed by atoms with van der Waals surface area (Å²) in [5.74, 6) is -0.849. The molecule has 0 saturated carbocycles. The number of amides is 1. The number of halogens is 1. The summed E-state index contributed by atoms with van der Waals surface area (Å²) in [7, 11) is 0. The Morgan fingerprint density at radius 3 is 2.42 bits per heavy atom. The van der Waals surface area contributed by atoms with Gasteiger partial charge in [-0.05, 0) is 86.6 Å². The summed E-state index contributed by atoms with van der Waals surface area (Å²) in [6, 6.07) is 16.2. The first kappa shape index (κ1) is 21.1. The van der Waals surface area contributed by atoms with Crippen LogP contribution in [0.5, 0.6) is 0 Å². The zero-order chi connectivity index (χ0) is 23.3. The van der Waals surface area contributed by atoms with Crippen LogP contribution in [0.15, 0.2) is 70.3 Å². The van der Waals surface area contributed by atoms with Crippen molar-refractivity contribution in [3.05, 3.63) is 94.1 Å². The predicted octanol–water partition coefficient (Wildman–Crippen LogP) is 5.21. The smallest absolute Gasteiger partial charge is 0.283 e. The average Bonchev–Trinajstić information content (AvgIpc) is 3.33. The van der Waals surface area contributed by atoms with Gasteiger partial charge in [0.25, 0.3) is 5.91 Å². The molecule has 3 aromatic rings. The quantitative estimate of drug-likeness (QED) is 0.549. The molecule has 0 atom stereocenters. The number of hydrazone groups is 1. The van der Waals surface area contributed by atoms with Gasteiger partial charge in [-0.3, -0.25) is 10.2 Å². The first-order valence-corrected chi connectivity index (χ1v) is 11.2. The monoisotopic (exact) mass is 457 g/mol. The minimum absolute atomic E-state index is 0.0326. The highest BCUT2D eigenvalue weighted by Gasteiger charge is 2.36. The van der Waals surface area contributed by atoms with Crippen LogP contribution in [0.3, 0.4) is 0 Å². The molecule has 8 heteroatoms. The second kappa shape index (κ2) is 7.97. The Kier molecular flexibility index (Phi) is 5.09. The van der Waals surface area contributed by atoms with Crippen LogP contribution in [0.4, 0.5) is 4.39 Å². The lowest BCUT2D eigenvalue weighted by molar-refractivity contribution is -0.114. The molecule has 0 saturated heterocycles. The highest BCUT2D eigenvalue weighted by atomic mass is 32.2. The molecule has 6 nitrogen and oxygen atoms in total. The molecule has 0 radical (unpaired) electrons. The van der Waals surface area contributed by atoms with Gasteiger partial charge in [-0.25, -0.2) is 4.39 Å². The van der Waals surface area contributed by atoms with Gasteiger partial charge in [-0.1, -0.05) is 17.7 Å². The molecule has 5 rings (SSSR count). The van der Waals surface area contributed by atoms with Crippen molar-refractivity contribution in [1.29, 1.82) is 5.41 Å². The van der Waals surface area contributed by atoms with Crippen LogP contribution in [0.25, 0.3) is 11.8 Å². The van der Waals surface area contributed by atoms with Crippen LogP contribution in [-0.4, -0.2) is 31.5 Å². The number of amidine groups is 2. The highest BCUT2D eigenvalue weighted by Crippen LogP contribution is 2.32. The van der Waals surface area contributed by atoms with Crippen LogP contribution in [0.1, 0.15) is 28.1 Å². The fourth-order valence-electron chi connectivity index (χ4n) is 3.88. The number of nitrogens with one attached hydrogen (secondary N) is 1. The van der Waals surface area contributed by atoms with Gasteiger partial charge in [-0.2, -0.15) is 15.1 Å². The van der Waals surface area contributed by atoms with Gasteiger partial charge >= 0.3 is 0 Å². The molecule has 3 heterocycles. The summed E-state index contributed by atoms with van der Waals surface area (Å²) in [5.41, 5.74) is 5.92. The van der Waals surface area contributed by atoms with E-state index in [1.807, 2.05) is 26.8 Å². The number of thioether (sulfide) groups is 1. The summed E-state index contributed by atoms with van der Waals surface area (Å²) in [5, 5.41) is 15.3. The van der Waals surface area contributed by atoms with Crippen molar-refractivity contribution in [3.8, 4) is 5.69 Å². The van der Waals surface area contributed by atoms with Crippen LogP contribution < -0.4 is 0 Å². The molecule has 33 heavy (non-hydrogen) atoms. The van der Waals surface area contributed by atoms with Crippen LogP contribution >= 0.6 is 11.8 Å². The number of aliphatic imine (C=N–C) groups is 1. The van der Waals surface area contributed by atoms with Gasteiger partial charge < -0.3 is 4.57 Å². The number of carbonyl (C=O) groups is 1. The number of nitrogens with zero attached hydrogens (tertiary/aromatic N) is 4.